The first-order valence-electron chi connectivity index (χ1n) is 6.28. The van der Waals surface area contributed by atoms with Gasteiger partial charge in [0.25, 0.3) is 0 Å². The maximum Gasteiger partial charge on any atom is 0.0826 e. The third-order valence-electron chi connectivity index (χ3n) is 2.96. The van der Waals surface area contributed by atoms with Gasteiger partial charge in [0.05, 0.1) is 18.3 Å². The summed E-state index contributed by atoms with van der Waals surface area (Å²) >= 11 is 0. The van der Waals surface area contributed by atoms with Crippen LogP contribution < -0.4 is 5.32 Å². The van der Waals surface area contributed by atoms with Crippen LogP contribution in [0.3, 0.4) is 0 Å². The Hall–Kier alpha value is -0.160. The van der Waals surface area contributed by atoms with Gasteiger partial charge in [-0.05, 0) is 33.4 Å². The molecule has 0 aliphatic carbocycles. The minimum atomic E-state index is -0.574. The van der Waals surface area contributed by atoms with E-state index in [-0.39, 0.29) is 0 Å². The van der Waals surface area contributed by atoms with Crippen LogP contribution in [0.15, 0.2) is 0 Å². The number of nitrogens with zero attached hydrogens (tertiary/aromatic N) is 1. The summed E-state index contributed by atoms with van der Waals surface area (Å²) in [5.41, 5.74) is -0.574. The standard InChI is InChI=1S/C12H26N2O2/c1-4-14-7-8-16-11(10-14)9-13-6-5-12(2,3)15/h11,13,15H,4-10H2,1-3H3. The van der Waals surface area contributed by atoms with Gasteiger partial charge in [-0.15, -0.1) is 0 Å². The normalized spacial score (nSPS) is 23.6. The Labute approximate surface area is 99.0 Å². The number of hydrogen-bond acceptors (Lipinski definition) is 4. The van der Waals surface area contributed by atoms with Crippen molar-refractivity contribution in [3.05, 3.63) is 0 Å². The van der Waals surface area contributed by atoms with Gasteiger partial charge in [-0.3, -0.25) is 4.90 Å². The van der Waals surface area contributed by atoms with Crippen LogP contribution >= 0.6 is 0 Å². The molecule has 1 rings (SSSR count). The minimum absolute atomic E-state index is 0.301. The highest BCUT2D eigenvalue weighted by Crippen LogP contribution is 2.06. The molecule has 0 aromatic heterocycles. The molecule has 2 N–H and O–H groups in total. The van der Waals surface area contributed by atoms with Crippen LogP contribution in [0.5, 0.6) is 0 Å². The van der Waals surface area contributed by atoms with E-state index < -0.39 is 5.60 Å². The first-order valence-corrected chi connectivity index (χ1v) is 6.28. The SMILES string of the molecule is CCN1CCOC(CNCCC(C)(C)O)C1. The Balaban J connectivity index is 2.08. The fraction of sp³-hybridized carbons (Fsp3) is 1.00. The molecule has 4 nitrogen and oxygen atoms in total. The van der Waals surface area contributed by atoms with Crippen molar-refractivity contribution in [2.24, 2.45) is 0 Å². The summed E-state index contributed by atoms with van der Waals surface area (Å²) in [6.07, 6.45) is 1.08. The largest absolute Gasteiger partial charge is 0.390 e. The van der Waals surface area contributed by atoms with Crippen molar-refractivity contribution in [1.29, 1.82) is 0 Å². The third-order valence-corrected chi connectivity index (χ3v) is 2.96. The molecule has 1 heterocycles. The van der Waals surface area contributed by atoms with Crippen molar-refractivity contribution in [3.8, 4) is 0 Å². The van der Waals surface area contributed by atoms with E-state index in [1.165, 1.54) is 0 Å². The Morgan fingerprint density at radius 2 is 2.25 bits per heavy atom. The molecule has 4 heteroatoms. The van der Waals surface area contributed by atoms with Crippen LogP contribution in [0.1, 0.15) is 27.2 Å². The van der Waals surface area contributed by atoms with Gasteiger partial charge >= 0.3 is 0 Å². The van der Waals surface area contributed by atoms with Crippen LogP contribution in [0, 0.1) is 0 Å². The Morgan fingerprint density at radius 3 is 2.88 bits per heavy atom. The quantitative estimate of drug-likeness (QED) is 0.651. The van der Waals surface area contributed by atoms with Crippen LogP contribution in [0.25, 0.3) is 0 Å². The van der Waals surface area contributed by atoms with Crippen molar-refractivity contribution in [3.63, 3.8) is 0 Å². The summed E-state index contributed by atoms with van der Waals surface area (Å²) in [6.45, 7) is 11.6. The van der Waals surface area contributed by atoms with Crippen LogP contribution in [0.2, 0.25) is 0 Å². The second kappa shape index (κ2) is 6.55. The number of rotatable bonds is 6. The number of hydrogen-bond donors (Lipinski definition) is 2. The summed E-state index contributed by atoms with van der Waals surface area (Å²) in [7, 11) is 0. The molecule has 1 atom stereocenters. The molecule has 1 aliphatic rings. The van der Waals surface area contributed by atoms with Gasteiger partial charge in [-0.2, -0.15) is 0 Å². The van der Waals surface area contributed by atoms with Crippen molar-refractivity contribution in [2.75, 3.05) is 39.3 Å². The molecule has 0 amide bonds. The Bertz CT molecular complexity index is 192. The number of aliphatic hydroxyl groups is 1. The maximum atomic E-state index is 9.56. The van der Waals surface area contributed by atoms with E-state index in [1.54, 1.807) is 0 Å². The third kappa shape index (κ3) is 5.80. The molecule has 1 saturated heterocycles. The van der Waals surface area contributed by atoms with E-state index in [1.807, 2.05) is 13.8 Å². The topological polar surface area (TPSA) is 44.7 Å². The second-order valence-electron chi connectivity index (χ2n) is 5.15. The molecule has 1 aliphatic heterocycles. The summed E-state index contributed by atoms with van der Waals surface area (Å²) in [6, 6.07) is 0. The van der Waals surface area contributed by atoms with E-state index >= 15 is 0 Å². The molecule has 0 aromatic carbocycles. The molecule has 16 heavy (non-hydrogen) atoms. The number of nitrogens with one attached hydrogen (secondary N) is 1. The molecule has 0 bridgehead atoms. The average molecular weight is 230 g/mol. The zero-order chi connectivity index (χ0) is 12.0. The van der Waals surface area contributed by atoms with E-state index in [0.29, 0.717) is 6.10 Å². The van der Waals surface area contributed by atoms with Gasteiger partial charge < -0.3 is 15.2 Å². The smallest absolute Gasteiger partial charge is 0.0826 e. The Morgan fingerprint density at radius 1 is 1.50 bits per heavy atom. The fourth-order valence-electron chi connectivity index (χ4n) is 1.85. The zero-order valence-electron chi connectivity index (χ0n) is 10.8. The summed E-state index contributed by atoms with van der Waals surface area (Å²) in [4.78, 5) is 2.41. The lowest BCUT2D eigenvalue weighted by molar-refractivity contribution is -0.0259. The first kappa shape index (κ1) is 13.9. The van der Waals surface area contributed by atoms with Gasteiger partial charge in [-0.25, -0.2) is 0 Å². The lowest BCUT2D eigenvalue weighted by atomic mass is 10.1. The molecule has 0 saturated carbocycles. The molecule has 0 aromatic rings. The highest BCUT2D eigenvalue weighted by atomic mass is 16.5. The van der Waals surface area contributed by atoms with Crippen LogP contribution in [-0.2, 0) is 4.74 Å². The lowest BCUT2D eigenvalue weighted by Crippen LogP contribution is -2.46. The molecule has 1 unspecified atom stereocenters. The van der Waals surface area contributed by atoms with Crippen LogP contribution in [-0.4, -0.2) is 61.0 Å². The second-order valence-corrected chi connectivity index (χ2v) is 5.15. The Kier molecular flexibility index (Phi) is 5.69. The van der Waals surface area contributed by atoms with Gasteiger partial charge in [0, 0.05) is 19.6 Å². The number of morpholine rings is 1. The van der Waals surface area contributed by atoms with Gasteiger partial charge in [0.15, 0.2) is 0 Å². The highest BCUT2D eigenvalue weighted by Gasteiger charge is 2.19. The zero-order valence-corrected chi connectivity index (χ0v) is 10.8. The monoisotopic (exact) mass is 230 g/mol. The fourth-order valence-corrected chi connectivity index (χ4v) is 1.85. The number of likely N-dealkylation sites (N-methyl/N-ethyl adjacent to an activating group) is 1. The summed E-state index contributed by atoms with van der Waals surface area (Å²) in [5, 5.41) is 12.9. The van der Waals surface area contributed by atoms with Crippen molar-refractivity contribution in [1.82, 2.24) is 10.2 Å². The average Bonchev–Trinajstić information content (AvgIpc) is 2.23. The molecule has 1 fully saturated rings. The molecule has 96 valence electrons. The molecule has 0 radical (unpaired) electrons. The van der Waals surface area contributed by atoms with Gasteiger partial charge in [-0.1, -0.05) is 6.92 Å². The summed E-state index contributed by atoms with van der Waals surface area (Å²) < 4.78 is 5.68. The molecule has 0 spiro atoms. The maximum absolute atomic E-state index is 9.56. The van der Waals surface area contributed by atoms with E-state index in [0.717, 1.165) is 45.8 Å². The van der Waals surface area contributed by atoms with Crippen molar-refractivity contribution in [2.45, 2.75) is 38.9 Å². The van der Waals surface area contributed by atoms with E-state index in [2.05, 4.69) is 17.1 Å². The predicted molar refractivity (Wildman–Crippen MR) is 65.6 cm³/mol. The van der Waals surface area contributed by atoms with Gasteiger partial charge in [0.2, 0.25) is 0 Å². The van der Waals surface area contributed by atoms with Crippen molar-refractivity contribution < 1.29 is 9.84 Å². The summed E-state index contributed by atoms with van der Waals surface area (Å²) in [5.74, 6) is 0. The predicted octanol–water partition coefficient (Wildman–Crippen LogP) is 0.458. The number of ether oxygens (including phenoxy) is 1. The molecular formula is C12H26N2O2. The first-order chi connectivity index (χ1) is 7.51. The van der Waals surface area contributed by atoms with E-state index in [9.17, 15) is 5.11 Å². The highest BCUT2D eigenvalue weighted by molar-refractivity contribution is 4.73. The minimum Gasteiger partial charge on any atom is -0.390 e. The van der Waals surface area contributed by atoms with Crippen molar-refractivity contribution >= 4 is 0 Å². The molecular weight excluding hydrogens is 204 g/mol. The lowest BCUT2D eigenvalue weighted by Gasteiger charge is -2.32. The van der Waals surface area contributed by atoms with E-state index in [4.69, 9.17) is 4.74 Å². The van der Waals surface area contributed by atoms with Crippen LogP contribution in [0.4, 0.5) is 0 Å². The van der Waals surface area contributed by atoms with Gasteiger partial charge in [0.1, 0.15) is 0 Å².